The number of ether oxygens (including phenoxy) is 1. The van der Waals surface area contributed by atoms with Crippen LogP contribution < -0.4 is 5.32 Å². The number of carbonyl (C=O) groups excluding carboxylic acids is 2. The minimum atomic E-state index is -1.05. The molecule has 116 valence electrons. The van der Waals surface area contributed by atoms with E-state index in [4.69, 9.17) is 9.84 Å². The maximum Gasteiger partial charge on any atom is 0.411 e. The molecule has 0 aliphatic carbocycles. The van der Waals surface area contributed by atoms with E-state index in [1.807, 2.05) is 30.3 Å². The minimum Gasteiger partial charge on any atom is -0.480 e. The summed E-state index contributed by atoms with van der Waals surface area (Å²) in [5.74, 6) is -1.42. The Hall–Kier alpha value is -2.57. The lowest BCUT2D eigenvalue weighted by Crippen LogP contribution is -2.59. The fraction of sp³-hybridized carbons (Fsp3) is 0.400. The molecule has 1 aromatic carbocycles. The van der Waals surface area contributed by atoms with Gasteiger partial charge in [0.05, 0.1) is 0 Å². The van der Waals surface area contributed by atoms with Crippen molar-refractivity contribution < 1.29 is 24.2 Å². The maximum atomic E-state index is 12.1. The van der Waals surface area contributed by atoms with Gasteiger partial charge in [-0.25, -0.2) is 9.59 Å². The summed E-state index contributed by atoms with van der Waals surface area (Å²) in [4.78, 5) is 36.1. The van der Waals surface area contributed by atoms with Crippen molar-refractivity contribution >= 4 is 18.0 Å². The summed E-state index contributed by atoms with van der Waals surface area (Å²) in [6.07, 6.45) is -0.635. The van der Waals surface area contributed by atoms with Crippen molar-refractivity contribution in [2.75, 3.05) is 6.54 Å². The van der Waals surface area contributed by atoms with Gasteiger partial charge in [0.2, 0.25) is 6.10 Å². The Morgan fingerprint density at radius 1 is 1.27 bits per heavy atom. The van der Waals surface area contributed by atoms with Gasteiger partial charge in [0.1, 0.15) is 12.1 Å². The number of carboxylic acids is 1. The van der Waals surface area contributed by atoms with Crippen LogP contribution in [0.3, 0.4) is 0 Å². The molecule has 7 heteroatoms. The van der Waals surface area contributed by atoms with Gasteiger partial charge >= 0.3 is 12.1 Å². The lowest BCUT2D eigenvalue weighted by molar-refractivity contribution is -0.145. The van der Waals surface area contributed by atoms with E-state index in [9.17, 15) is 14.4 Å². The second-order valence-electron chi connectivity index (χ2n) is 5.39. The minimum absolute atomic E-state index is 0.333. The van der Waals surface area contributed by atoms with Gasteiger partial charge in [-0.3, -0.25) is 9.69 Å². The predicted molar refractivity (Wildman–Crippen MR) is 75.0 cm³/mol. The number of benzene rings is 1. The Bertz CT molecular complexity index is 603. The van der Waals surface area contributed by atoms with Crippen LogP contribution >= 0.6 is 0 Å². The highest BCUT2D eigenvalue weighted by molar-refractivity contribution is 5.91. The lowest BCUT2D eigenvalue weighted by Gasteiger charge is -2.37. The van der Waals surface area contributed by atoms with Crippen LogP contribution in [0.5, 0.6) is 0 Å². The Balaban J connectivity index is 1.68. The van der Waals surface area contributed by atoms with Crippen LogP contribution in [0.25, 0.3) is 0 Å². The summed E-state index contributed by atoms with van der Waals surface area (Å²) in [6.45, 7) is 0.333. The second-order valence-corrected chi connectivity index (χ2v) is 5.39. The molecule has 2 aliphatic rings. The van der Waals surface area contributed by atoms with E-state index >= 15 is 0 Å². The zero-order chi connectivity index (χ0) is 15.7. The zero-order valence-corrected chi connectivity index (χ0v) is 11.8. The number of rotatable bonds is 3. The van der Waals surface area contributed by atoms with Crippen molar-refractivity contribution in [2.24, 2.45) is 0 Å². The Kier molecular flexibility index (Phi) is 3.70. The summed E-state index contributed by atoms with van der Waals surface area (Å²) in [5, 5.41) is 11.8. The number of carboxylic acid groups (broad SMARTS) is 1. The quantitative estimate of drug-likeness (QED) is 0.809. The average Bonchev–Trinajstić information content (AvgIpc) is 3.00. The first kappa shape index (κ1) is 14.4. The van der Waals surface area contributed by atoms with E-state index in [0.29, 0.717) is 19.4 Å². The monoisotopic (exact) mass is 304 g/mol. The van der Waals surface area contributed by atoms with Gasteiger partial charge in [0, 0.05) is 6.54 Å². The third-order valence-corrected chi connectivity index (χ3v) is 4.02. The van der Waals surface area contributed by atoms with Gasteiger partial charge in [-0.05, 0) is 18.4 Å². The fourth-order valence-corrected chi connectivity index (χ4v) is 2.82. The van der Waals surface area contributed by atoms with E-state index in [1.165, 1.54) is 4.90 Å². The molecule has 2 aliphatic heterocycles. The number of aliphatic carboxylic acids is 1. The van der Waals surface area contributed by atoms with Crippen molar-refractivity contribution in [2.45, 2.75) is 31.0 Å². The zero-order valence-electron chi connectivity index (χ0n) is 11.8. The Labute approximate surface area is 126 Å². The first-order valence-electron chi connectivity index (χ1n) is 7.13. The van der Waals surface area contributed by atoms with E-state index in [-0.39, 0.29) is 11.9 Å². The summed E-state index contributed by atoms with van der Waals surface area (Å²) in [6, 6.07) is 7.93. The van der Waals surface area contributed by atoms with Crippen molar-refractivity contribution in [1.82, 2.24) is 10.2 Å². The first-order chi connectivity index (χ1) is 10.6. The Morgan fingerprint density at radius 2 is 2.00 bits per heavy atom. The predicted octanol–water partition coefficient (Wildman–Crippen LogP) is 0.912. The van der Waals surface area contributed by atoms with Crippen molar-refractivity contribution in [3.63, 3.8) is 0 Å². The number of likely N-dealkylation sites (tertiary alicyclic amines) is 1. The van der Waals surface area contributed by atoms with Crippen LogP contribution in [-0.4, -0.2) is 46.7 Å². The highest BCUT2D eigenvalue weighted by atomic mass is 16.6. The van der Waals surface area contributed by atoms with Crippen LogP contribution in [0, 0.1) is 0 Å². The van der Waals surface area contributed by atoms with Crippen LogP contribution in [0.4, 0.5) is 4.79 Å². The largest absolute Gasteiger partial charge is 0.480 e. The van der Waals surface area contributed by atoms with Gasteiger partial charge < -0.3 is 15.2 Å². The first-order valence-corrected chi connectivity index (χ1v) is 7.13. The molecule has 0 aromatic heterocycles. The highest BCUT2D eigenvalue weighted by Gasteiger charge is 2.45. The van der Waals surface area contributed by atoms with Gasteiger partial charge in [-0.15, -0.1) is 0 Å². The van der Waals surface area contributed by atoms with E-state index in [2.05, 4.69) is 5.32 Å². The van der Waals surface area contributed by atoms with Crippen LogP contribution in [-0.2, 0) is 14.3 Å². The number of nitrogens with zero attached hydrogens (tertiary/aromatic N) is 1. The van der Waals surface area contributed by atoms with Crippen molar-refractivity contribution in [3.8, 4) is 0 Å². The topological polar surface area (TPSA) is 95.9 Å². The third-order valence-electron chi connectivity index (χ3n) is 4.02. The number of hydrogen-bond donors (Lipinski definition) is 2. The van der Waals surface area contributed by atoms with Gasteiger partial charge in [0.15, 0.2) is 0 Å². The fourth-order valence-electron chi connectivity index (χ4n) is 2.82. The Morgan fingerprint density at radius 3 is 2.64 bits per heavy atom. The molecule has 0 bridgehead atoms. The molecular formula is C15H16N2O5. The van der Waals surface area contributed by atoms with Gasteiger partial charge in [-0.2, -0.15) is 0 Å². The maximum absolute atomic E-state index is 12.1. The normalized spacial score (nSPS) is 27.0. The molecule has 1 aromatic rings. The number of amides is 2. The number of carbonyl (C=O) groups is 3. The van der Waals surface area contributed by atoms with Gasteiger partial charge in [-0.1, -0.05) is 30.3 Å². The number of β-lactam (4-membered cyclic amide) rings is 1. The molecule has 2 saturated heterocycles. The highest BCUT2D eigenvalue weighted by Crippen LogP contribution is 2.28. The molecule has 2 heterocycles. The standard InChI is InChI=1S/C15H16N2O5/c18-13-12(11(16-13)9-5-2-1-3-6-9)22-15(21)17-8-4-7-10(17)14(19)20/h1-3,5-6,10-12H,4,7-8H2,(H,16,18)(H,19,20)/t10?,11-,12+/m1/s1. The molecule has 2 fully saturated rings. The molecule has 0 spiro atoms. The number of hydrogen-bond acceptors (Lipinski definition) is 4. The molecule has 22 heavy (non-hydrogen) atoms. The molecule has 0 saturated carbocycles. The van der Waals surface area contributed by atoms with Crippen molar-refractivity contribution in [1.29, 1.82) is 0 Å². The SMILES string of the molecule is O=C(O)C1CCCN1C(=O)O[C@@H]1C(=O)N[C@@H]1c1ccccc1. The van der Waals surface area contributed by atoms with E-state index < -0.39 is 24.2 Å². The summed E-state index contributed by atoms with van der Waals surface area (Å²) >= 11 is 0. The lowest BCUT2D eigenvalue weighted by atomic mass is 9.94. The molecule has 1 unspecified atom stereocenters. The summed E-state index contributed by atoms with van der Waals surface area (Å²) < 4.78 is 5.24. The molecule has 0 radical (unpaired) electrons. The number of nitrogens with one attached hydrogen (secondary N) is 1. The molecule has 7 nitrogen and oxygen atoms in total. The van der Waals surface area contributed by atoms with Crippen LogP contribution in [0.15, 0.2) is 30.3 Å². The second kappa shape index (κ2) is 5.67. The molecule has 2 N–H and O–H groups in total. The molecular weight excluding hydrogens is 288 g/mol. The van der Waals surface area contributed by atoms with E-state index in [0.717, 1.165) is 5.56 Å². The molecule has 3 atom stereocenters. The summed E-state index contributed by atoms with van der Waals surface area (Å²) in [7, 11) is 0. The average molecular weight is 304 g/mol. The summed E-state index contributed by atoms with van der Waals surface area (Å²) in [5.41, 5.74) is 0.844. The molecule has 2 amide bonds. The van der Waals surface area contributed by atoms with Crippen molar-refractivity contribution in [3.05, 3.63) is 35.9 Å². The van der Waals surface area contributed by atoms with Gasteiger partial charge in [0.25, 0.3) is 5.91 Å². The third kappa shape index (κ3) is 2.49. The van der Waals surface area contributed by atoms with E-state index in [1.54, 1.807) is 0 Å². The van der Waals surface area contributed by atoms with Crippen LogP contribution in [0.1, 0.15) is 24.4 Å². The van der Waals surface area contributed by atoms with Crippen LogP contribution in [0.2, 0.25) is 0 Å². The molecule has 3 rings (SSSR count). The smallest absolute Gasteiger partial charge is 0.411 e.